The van der Waals surface area contributed by atoms with Crippen molar-refractivity contribution in [3.63, 3.8) is 0 Å². The second-order valence-corrected chi connectivity index (χ2v) is 5.80. The van der Waals surface area contributed by atoms with E-state index in [0.717, 1.165) is 38.0 Å². The van der Waals surface area contributed by atoms with Gasteiger partial charge >= 0.3 is 0 Å². The lowest BCUT2D eigenvalue weighted by atomic mass is 10.0. The summed E-state index contributed by atoms with van der Waals surface area (Å²) in [5.74, 6) is 0.653. The van der Waals surface area contributed by atoms with E-state index in [-0.39, 0.29) is 5.91 Å². The number of nitrogens with two attached hydrogens (primary N) is 1. The number of rotatable bonds is 4. The number of amides is 1. The minimum Gasteiger partial charge on any atom is -0.397 e. The molecule has 0 aliphatic carbocycles. The monoisotopic (exact) mass is 263 g/mol. The van der Waals surface area contributed by atoms with Gasteiger partial charge in [-0.2, -0.15) is 0 Å². The molecule has 2 N–H and O–H groups in total. The maximum Gasteiger partial charge on any atom is 0.270 e. The molecule has 1 atom stereocenters. The van der Waals surface area contributed by atoms with Crippen LogP contribution in [0.1, 0.15) is 50.5 Å². The van der Waals surface area contributed by atoms with E-state index in [9.17, 15) is 4.79 Å². The minimum absolute atomic E-state index is 0.140. The quantitative estimate of drug-likeness (QED) is 0.908. The molecule has 2 heterocycles. The normalized spacial score (nSPS) is 19.4. The first-order valence-electron chi connectivity index (χ1n) is 7.31. The SMILES string of the molecule is CCCn1cc(N)cc1C(=O)N1CCCC1C(C)C. The van der Waals surface area contributed by atoms with Crippen LogP contribution in [0.25, 0.3) is 0 Å². The first-order valence-corrected chi connectivity index (χ1v) is 7.31. The van der Waals surface area contributed by atoms with E-state index >= 15 is 0 Å². The lowest BCUT2D eigenvalue weighted by molar-refractivity contribution is 0.0690. The van der Waals surface area contributed by atoms with Crippen molar-refractivity contribution in [2.75, 3.05) is 12.3 Å². The van der Waals surface area contributed by atoms with Crippen LogP contribution < -0.4 is 5.73 Å². The summed E-state index contributed by atoms with van der Waals surface area (Å²) in [6.07, 6.45) is 5.10. The Morgan fingerprint density at radius 2 is 2.26 bits per heavy atom. The Balaban J connectivity index is 2.23. The van der Waals surface area contributed by atoms with Crippen molar-refractivity contribution in [1.29, 1.82) is 0 Å². The maximum atomic E-state index is 12.7. The summed E-state index contributed by atoms with van der Waals surface area (Å²) in [6.45, 7) is 8.21. The fourth-order valence-corrected chi connectivity index (χ4v) is 3.02. The number of hydrogen-bond donors (Lipinski definition) is 1. The predicted molar refractivity (Wildman–Crippen MR) is 78.0 cm³/mol. The molecule has 106 valence electrons. The van der Waals surface area contributed by atoms with Crippen LogP contribution in [0.4, 0.5) is 5.69 Å². The standard InChI is InChI=1S/C15H25N3O/c1-4-7-17-10-12(16)9-14(17)15(19)18-8-5-6-13(18)11(2)3/h9-11,13H,4-8,16H2,1-3H3. The van der Waals surface area contributed by atoms with E-state index in [2.05, 4.69) is 20.8 Å². The van der Waals surface area contributed by atoms with Gasteiger partial charge in [-0.15, -0.1) is 0 Å². The first-order chi connectivity index (χ1) is 9.04. The summed E-state index contributed by atoms with van der Waals surface area (Å²) < 4.78 is 1.99. The van der Waals surface area contributed by atoms with Gasteiger partial charge in [0.2, 0.25) is 0 Å². The molecule has 4 nitrogen and oxygen atoms in total. The molecule has 0 aromatic carbocycles. The van der Waals surface area contributed by atoms with Crippen LogP contribution in [0.2, 0.25) is 0 Å². The highest BCUT2D eigenvalue weighted by molar-refractivity contribution is 5.94. The molecule has 0 spiro atoms. The molecular formula is C15H25N3O. The molecule has 1 aliphatic heterocycles. The predicted octanol–water partition coefficient (Wildman–Crippen LogP) is 2.74. The fourth-order valence-electron chi connectivity index (χ4n) is 3.02. The molecule has 1 aliphatic rings. The molecule has 0 saturated carbocycles. The van der Waals surface area contributed by atoms with Gasteiger partial charge in [0, 0.05) is 25.3 Å². The van der Waals surface area contributed by atoms with Crippen molar-refractivity contribution in [1.82, 2.24) is 9.47 Å². The Bertz CT molecular complexity index is 450. The van der Waals surface area contributed by atoms with Crippen molar-refractivity contribution in [2.24, 2.45) is 5.92 Å². The summed E-state index contributed by atoms with van der Waals surface area (Å²) in [7, 11) is 0. The lowest BCUT2D eigenvalue weighted by Crippen LogP contribution is -2.39. The number of aromatic nitrogens is 1. The Hall–Kier alpha value is -1.45. The van der Waals surface area contributed by atoms with Gasteiger partial charge < -0.3 is 15.2 Å². The number of hydrogen-bond acceptors (Lipinski definition) is 2. The molecule has 19 heavy (non-hydrogen) atoms. The van der Waals surface area contributed by atoms with Crippen LogP contribution in [0.3, 0.4) is 0 Å². The molecule has 1 aromatic rings. The Labute approximate surface area is 115 Å². The molecule has 0 radical (unpaired) electrons. The summed E-state index contributed by atoms with van der Waals surface area (Å²) in [5, 5.41) is 0. The third-order valence-corrected chi connectivity index (χ3v) is 3.93. The third kappa shape index (κ3) is 2.77. The third-order valence-electron chi connectivity index (χ3n) is 3.93. The average molecular weight is 263 g/mol. The van der Waals surface area contributed by atoms with Crippen LogP contribution in [-0.2, 0) is 6.54 Å². The van der Waals surface area contributed by atoms with Crippen molar-refractivity contribution in [2.45, 2.75) is 52.6 Å². The molecule has 0 bridgehead atoms. The van der Waals surface area contributed by atoms with Gasteiger partial charge in [-0.3, -0.25) is 4.79 Å². The van der Waals surface area contributed by atoms with Gasteiger partial charge in [0.1, 0.15) is 5.69 Å². The van der Waals surface area contributed by atoms with Gasteiger partial charge in [-0.05, 0) is 31.2 Å². The van der Waals surface area contributed by atoms with Crippen LogP contribution in [-0.4, -0.2) is 28.0 Å². The van der Waals surface area contributed by atoms with Gasteiger partial charge in [-0.25, -0.2) is 0 Å². The maximum absolute atomic E-state index is 12.7. The van der Waals surface area contributed by atoms with Crippen LogP contribution >= 0.6 is 0 Å². The van der Waals surface area contributed by atoms with E-state index in [0.29, 0.717) is 17.6 Å². The molecule has 1 unspecified atom stereocenters. The Morgan fingerprint density at radius 3 is 2.89 bits per heavy atom. The lowest BCUT2D eigenvalue weighted by Gasteiger charge is -2.28. The molecule has 1 saturated heterocycles. The topological polar surface area (TPSA) is 51.3 Å². The summed E-state index contributed by atoms with van der Waals surface area (Å²) in [6, 6.07) is 2.19. The molecule has 1 amide bonds. The summed E-state index contributed by atoms with van der Waals surface area (Å²) in [5.41, 5.74) is 7.27. The van der Waals surface area contributed by atoms with Crippen molar-refractivity contribution < 1.29 is 4.79 Å². The zero-order chi connectivity index (χ0) is 14.0. The van der Waals surface area contributed by atoms with Crippen molar-refractivity contribution in [3.05, 3.63) is 18.0 Å². The van der Waals surface area contributed by atoms with Crippen LogP contribution in [0.5, 0.6) is 0 Å². The van der Waals surface area contributed by atoms with Gasteiger partial charge in [0.05, 0.1) is 5.69 Å². The first kappa shape index (κ1) is 14.0. The van der Waals surface area contributed by atoms with Crippen molar-refractivity contribution in [3.8, 4) is 0 Å². The molecule has 4 heteroatoms. The van der Waals surface area contributed by atoms with Crippen LogP contribution in [0.15, 0.2) is 12.3 Å². The second-order valence-electron chi connectivity index (χ2n) is 5.80. The van der Waals surface area contributed by atoms with E-state index < -0.39 is 0 Å². The van der Waals surface area contributed by atoms with Gasteiger partial charge in [-0.1, -0.05) is 20.8 Å². The van der Waals surface area contributed by atoms with Gasteiger partial charge in [0.15, 0.2) is 0 Å². The number of aryl methyl sites for hydroxylation is 1. The van der Waals surface area contributed by atoms with E-state index in [1.54, 1.807) is 0 Å². The second kappa shape index (κ2) is 5.68. The highest BCUT2D eigenvalue weighted by atomic mass is 16.2. The number of likely N-dealkylation sites (tertiary alicyclic amines) is 1. The summed E-state index contributed by atoms with van der Waals surface area (Å²) in [4.78, 5) is 14.8. The number of anilines is 1. The minimum atomic E-state index is 0.140. The highest BCUT2D eigenvalue weighted by Gasteiger charge is 2.32. The van der Waals surface area contributed by atoms with E-state index in [1.165, 1.54) is 0 Å². The van der Waals surface area contributed by atoms with Crippen molar-refractivity contribution >= 4 is 11.6 Å². The van der Waals surface area contributed by atoms with Crippen LogP contribution in [0, 0.1) is 5.92 Å². The number of nitrogens with zero attached hydrogens (tertiary/aromatic N) is 2. The average Bonchev–Trinajstić information content (AvgIpc) is 2.95. The van der Waals surface area contributed by atoms with E-state index in [1.807, 2.05) is 21.7 Å². The fraction of sp³-hybridized carbons (Fsp3) is 0.667. The van der Waals surface area contributed by atoms with E-state index in [4.69, 9.17) is 5.73 Å². The highest BCUT2D eigenvalue weighted by Crippen LogP contribution is 2.26. The zero-order valence-corrected chi connectivity index (χ0v) is 12.2. The number of carbonyl (C=O) groups is 1. The van der Waals surface area contributed by atoms with Gasteiger partial charge in [0.25, 0.3) is 5.91 Å². The zero-order valence-electron chi connectivity index (χ0n) is 12.2. The molecule has 1 fully saturated rings. The smallest absolute Gasteiger partial charge is 0.270 e. The number of nitrogen functional groups attached to an aromatic ring is 1. The number of carbonyl (C=O) groups excluding carboxylic acids is 1. The summed E-state index contributed by atoms with van der Waals surface area (Å²) >= 11 is 0. The Morgan fingerprint density at radius 1 is 1.53 bits per heavy atom. The Kier molecular flexibility index (Phi) is 4.17. The molecule has 2 rings (SSSR count). The molecule has 1 aromatic heterocycles. The largest absolute Gasteiger partial charge is 0.397 e. The molecular weight excluding hydrogens is 238 g/mol.